The molecule has 0 bridgehead atoms. The van der Waals surface area contributed by atoms with E-state index in [0.29, 0.717) is 16.5 Å². The Morgan fingerprint density at radius 1 is 1.14 bits per heavy atom. The number of nitrogens with zero attached hydrogens (tertiary/aromatic N) is 1. The Bertz CT molecular complexity index is 948. The molecule has 2 rings (SSSR count). The van der Waals surface area contributed by atoms with Gasteiger partial charge in [0.25, 0.3) is 0 Å². The van der Waals surface area contributed by atoms with Crippen LogP contribution in [-0.2, 0) is 9.53 Å². The van der Waals surface area contributed by atoms with E-state index < -0.39 is 5.97 Å². The molecule has 0 spiro atoms. The van der Waals surface area contributed by atoms with Crippen LogP contribution >= 0.6 is 12.2 Å². The van der Waals surface area contributed by atoms with Crippen LogP contribution in [0.1, 0.15) is 18.1 Å². The molecule has 0 aliphatic heterocycles. The van der Waals surface area contributed by atoms with Gasteiger partial charge in [-0.1, -0.05) is 24.3 Å². The minimum atomic E-state index is -0.671. The molecule has 0 unspecified atom stereocenters. The molecule has 0 radical (unpaired) electrons. The predicted octanol–water partition coefficient (Wildman–Crippen LogP) is 4.49. The first-order valence-electron chi connectivity index (χ1n) is 8.72. The van der Waals surface area contributed by atoms with Gasteiger partial charge >= 0.3 is 5.97 Å². The number of benzene rings is 2. The summed E-state index contributed by atoms with van der Waals surface area (Å²) in [5, 5.41) is 18.8. The molecule has 0 aliphatic rings. The predicted molar refractivity (Wildman–Crippen MR) is 116 cm³/mol. The van der Waals surface area contributed by atoms with Gasteiger partial charge in [-0.2, -0.15) is 5.26 Å². The summed E-state index contributed by atoms with van der Waals surface area (Å²) in [4.78, 5) is 11.7. The smallest absolute Gasteiger partial charge is 0.350 e. The second-order valence-electron chi connectivity index (χ2n) is 5.98. The topological polar surface area (TPSA) is 86.2 Å². The minimum Gasteiger partial charge on any atom is -0.462 e. The molecule has 0 saturated carbocycles. The molecule has 3 N–H and O–H groups in total. The summed E-state index contributed by atoms with van der Waals surface area (Å²) in [7, 11) is 0. The Labute approximate surface area is 170 Å². The fourth-order valence-corrected chi connectivity index (χ4v) is 2.58. The highest BCUT2D eigenvalue weighted by Crippen LogP contribution is 2.22. The molecule has 2 aromatic rings. The van der Waals surface area contributed by atoms with Crippen molar-refractivity contribution in [2.75, 3.05) is 22.6 Å². The third-order valence-electron chi connectivity index (χ3n) is 3.80. The van der Waals surface area contributed by atoms with E-state index in [1.807, 2.05) is 56.3 Å². The van der Waals surface area contributed by atoms with E-state index in [2.05, 4.69) is 16.0 Å². The lowest BCUT2D eigenvalue weighted by Crippen LogP contribution is -2.20. The van der Waals surface area contributed by atoms with Gasteiger partial charge in [0, 0.05) is 11.9 Å². The van der Waals surface area contributed by atoms with Crippen molar-refractivity contribution >= 4 is 40.4 Å². The summed E-state index contributed by atoms with van der Waals surface area (Å²) in [6, 6.07) is 15.2. The van der Waals surface area contributed by atoms with E-state index >= 15 is 0 Å². The first kappa shape index (κ1) is 20.9. The van der Waals surface area contributed by atoms with Gasteiger partial charge in [0.2, 0.25) is 0 Å². The Balaban J connectivity index is 2.13. The Kier molecular flexibility index (Phi) is 7.55. The van der Waals surface area contributed by atoms with Crippen molar-refractivity contribution in [1.29, 1.82) is 5.26 Å². The van der Waals surface area contributed by atoms with Gasteiger partial charge in [-0.25, -0.2) is 4.79 Å². The second kappa shape index (κ2) is 10.1. The van der Waals surface area contributed by atoms with E-state index in [1.54, 1.807) is 13.0 Å². The van der Waals surface area contributed by atoms with Gasteiger partial charge in [0.05, 0.1) is 18.0 Å². The van der Waals surface area contributed by atoms with Crippen LogP contribution in [0.5, 0.6) is 0 Å². The number of carbonyl (C=O) groups is 1. The zero-order valence-electron chi connectivity index (χ0n) is 16.0. The number of nitrogens with one attached hydrogen (secondary N) is 3. The lowest BCUT2D eigenvalue weighted by molar-refractivity contribution is -0.138. The van der Waals surface area contributed by atoms with Crippen molar-refractivity contribution in [2.45, 2.75) is 20.8 Å². The highest BCUT2D eigenvalue weighted by atomic mass is 32.1. The number of rotatable bonds is 6. The molecule has 2 aromatic carbocycles. The van der Waals surface area contributed by atoms with Crippen LogP contribution in [-0.4, -0.2) is 17.7 Å². The van der Waals surface area contributed by atoms with E-state index in [0.717, 1.165) is 16.8 Å². The number of carbonyl (C=O) groups excluding carboxylic acids is 1. The largest absolute Gasteiger partial charge is 0.462 e. The molecule has 0 aromatic heterocycles. The number of nitriles is 1. The number of ether oxygens (including phenoxy) is 1. The maximum atomic E-state index is 11.7. The molecular weight excluding hydrogens is 372 g/mol. The molecule has 0 heterocycles. The molecule has 6 nitrogen and oxygen atoms in total. The van der Waals surface area contributed by atoms with Crippen molar-refractivity contribution in [3.8, 4) is 6.07 Å². The van der Waals surface area contributed by atoms with Crippen molar-refractivity contribution in [1.82, 2.24) is 0 Å². The third kappa shape index (κ3) is 5.83. The molecule has 0 saturated heterocycles. The Morgan fingerprint density at radius 2 is 1.82 bits per heavy atom. The average Bonchev–Trinajstić information content (AvgIpc) is 2.66. The van der Waals surface area contributed by atoms with Gasteiger partial charge in [-0.05, 0) is 62.3 Å². The molecule has 0 aliphatic carbocycles. The molecule has 0 fully saturated rings. The van der Waals surface area contributed by atoms with Crippen molar-refractivity contribution < 1.29 is 9.53 Å². The maximum absolute atomic E-state index is 11.7. The standard InChI is InChI=1S/C21H22N4O2S/c1-4-27-20(26)16(12-22)13-23-17-7-5-6-8-18(17)24-21(28)25-19-11-14(2)9-10-15(19)3/h5-11,13,23H,4H2,1-3H3,(H2,24,25,28). The summed E-state index contributed by atoms with van der Waals surface area (Å²) >= 11 is 5.42. The minimum absolute atomic E-state index is 0.118. The first-order valence-corrected chi connectivity index (χ1v) is 9.13. The highest BCUT2D eigenvalue weighted by molar-refractivity contribution is 7.80. The molecule has 28 heavy (non-hydrogen) atoms. The van der Waals surface area contributed by atoms with E-state index in [-0.39, 0.29) is 12.2 Å². The highest BCUT2D eigenvalue weighted by Gasteiger charge is 2.10. The van der Waals surface area contributed by atoms with Crippen LogP contribution in [0.3, 0.4) is 0 Å². The van der Waals surface area contributed by atoms with Crippen LogP contribution in [0.2, 0.25) is 0 Å². The van der Waals surface area contributed by atoms with Crippen molar-refractivity contribution in [3.63, 3.8) is 0 Å². The maximum Gasteiger partial charge on any atom is 0.350 e. The quantitative estimate of drug-likeness (QED) is 0.288. The summed E-state index contributed by atoms with van der Waals surface area (Å²) in [6.45, 7) is 5.91. The van der Waals surface area contributed by atoms with Gasteiger partial charge in [-0.3, -0.25) is 0 Å². The van der Waals surface area contributed by atoms with Crippen molar-refractivity contribution in [2.24, 2.45) is 0 Å². The average molecular weight is 395 g/mol. The van der Waals surface area contributed by atoms with Crippen LogP contribution in [0.25, 0.3) is 0 Å². The zero-order chi connectivity index (χ0) is 20.5. The Hall–Kier alpha value is -3.37. The number of anilines is 3. The molecule has 7 heteroatoms. The van der Waals surface area contributed by atoms with Gasteiger partial charge in [-0.15, -0.1) is 0 Å². The first-order chi connectivity index (χ1) is 13.4. The SMILES string of the molecule is CCOC(=O)C(C#N)=CNc1ccccc1NC(=S)Nc1cc(C)ccc1C. The lowest BCUT2D eigenvalue weighted by Gasteiger charge is -2.15. The lowest BCUT2D eigenvalue weighted by atomic mass is 10.1. The zero-order valence-corrected chi connectivity index (χ0v) is 16.8. The normalized spacial score (nSPS) is 10.6. The monoisotopic (exact) mass is 394 g/mol. The van der Waals surface area contributed by atoms with E-state index in [9.17, 15) is 4.79 Å². The number of aryl methyl sites for hydroxylation is 2. The van der Waals surface area contributed by atoms with E-state index in [1.165, 1.54) is 6.20 Å². The number of esters is 1. The third-order valence-corrected chi connectivity index (χ3v) is 4.01. The molecule has 0 atom stereocenters. The van der Waals surface area contributed by atoms with Crippen molar-refractivity contribution in [3.05, 3.63) is 65.4 Å². The van der Waals surface area contributed by atoms with Crippen LogP contribution < -0.4 is 16.0 Å². The number of hydrogen-bond donors (Lipinski definition) is 3. The number of thiocarbonyl (C=S) groups is 1. The fourth-order valence-electron chi connectivity index (χ4n) is 2.36. The van der Waals surface area contributed by atoms with Gasteiger partial charge < -0.3 is 20.7 Å². The van der Waals surface area contributed by atoms with Gasteiger partial charge in [0.1, 0.15) is 6.07 Å². The summed E-state index contributed by atoms with van der Waals surface area (Å²) in [5.74, 6) is -0.671. The summed E-state index contributed by atoms with van der Waals surface area (Å²) in [6.07, 6.45) is 1.32. The van der Waals surface area contributed by atoms with Crippen LogP contribution in [0.15, 0.2) is 54.2 Å². The molecular formula is C21H22N4O2S. The number of hydrogen-bond acceptors (Lipinski definition) is 5. The van der Waals surface area contributed by atoms with Gasteiger partial charge in [0.15, 0.2) is 10.7 Å². The fraction of sp³-hybridized carbons (Fsp3) is 0.190. The van der Waals surface area contributed by atoms with Crippen LogP contribution in [0, 0.1) is 25.2 Å². The molecule has 144 valence electrons. The summed E-state index contributed by atoms with van der Waals surface area (Å²) < 4.78 is 4.85. The summed E-state index contributed by atoms with van der Waals surface area (Å²) in [5.41, 5.74) is 4.38. The van der Waals surface area contributed by atoms with Crippen LogP contribution in [0.4, 0.5) is 17.1 Å². The van der Waals surface area contributed by atoms with E-state index in [4.69, 9.17) is 22.2 Å². The Morgan fingerprint density at radius 3 is 2.50 bits per heavy atom. The molecule has 0 amide bonds. The number of para-hydroxylation sites is 2. The second-order valence-corrected chi connectivity index (χ2v) is 6.39.